The van der Waals surface area contributed by atoms with Gasteiger partial charge in [-0.15, -0.1) is 0 Å². The summed E-state index contributed by atoms with van der Waals surface area (Å²) in [4.78, 5) is 28.0. The van der Waals surface area contributed by atoms with Crippen LogP contribution in [0, 0.1) is 11.3 Å². The molecule has 2 unspecified atom stereocenters. The second-order valence-electron chi connectivity index (χ2n) is 6.76. The molecule has 21 heavy (non-hydrogen) atoms. The van der Waals surface area contributed by atoms with Crippen LogP contribution in [0.15, 0.2) is 0 Å². The molecule has 2 heterocycles. The zero-order valence-corrected chi connectivity index (χ0v) is 13.5. The lowest BCUT2D eigenvalue weighted by molar-refractivity contribution is -0.152. The molecule has 1 N–H and O–H groups in total. The number of likely N-dealkylation sites (tertiary alicyclic amines) is 2. The lowest BCUT2D eigenvalue weighted by Crippen LogP contribution is -2.55. The number of rotatable bonds is 2. The summed E-state index contributed by atoms with van der Waals surface area (Å²) in [6, 6.07) is 0.382. The smallest absolute Gasteiger partial charge is 0.320 e. The number of urea groups is 1. The molecule has 2 saturated heterocycles. The van der Waals surface area contributed by atoms with Gasteiger partial charge in [0.25, 0.3) is 0 Å². The van der Waals surface area contributed by atoms with Crippen molar-refractivity contribution < 1.29 is 14.7 Å². The van der Waals surface area contributed by atoms with Crippen LogP contribution in [0.5, 0.6) is 0 Å². The van der Waals surface area contributed by atoms with Gasteiger partial charge in [0, 0.05) is 25.7 Å². The molecule has 2 aliphatic heterocycles. The largest absolute Gasteiger partial charge is 0.481 e. The van der Waals surface area contributed by atoms with E-state index in [-0.39, 0.29) is 12.1 Å². The van der Waals surface area contributed by atoms with Crippen LogP contribution in [0.3, 0.4) is 0 Å². The van der Waals surface area contributed by atoms with Gasteiger partial charge in [0.15, 0.2) is 0 Å². The summed E-state index contributed by atoms with van der Waals surface area (Å²) >= 11 is 0. The van der Waals surface area contributed by atoms with E-state index >= 15 is 0 Å². The molecule has 2 rings (SSSR count). The molecule has 0 aromatic carbocycles. The Balaban J connectivity index is 1.98. The topological polar surface area (TPSA) is 60.9 Å². The van der Waals surface area contributed by atoms with Gasteiger partial charge in [-0.05, 0) is 44.9 Å². The first-order valence-corrected chi connectivity index (χ1v) is 8.20. The summed E-state index contributed by atoms with van der Waals surface area (Å²) in [5.74, 6) is -0.168. The van der Waals surface area contributed by atoms with Crippen molar-refractivity contribution in [1.29, 1.82) is 0 Å². The summed E-state index contributed by atoms with van der Waals surface area (Å²) in [7, 11) is 0. The van der Waals surface area contributed by atoms with E-state index in [2.05, 4.69) is 13.8 Å². The summed E-state index contributed by atoms with van der Waals surface area (Å²) < 4.78 is 0. The minimum Gasteiger partial charge on any atom is -0.481 e. The van der Waals surface area contributed by atoms with Crippen LogP contribution in [0.25, 0.3) is 0 Å². The van der Waals surface area contributed by atoms with E-state index in [0.717, 1.165) is 13.0 Å². The predicted octanol–water partition coefficient (Wildman–Crippen LogP) is 2.80. The maximum atomic E-state index is 12.7. The number of piperidine rings is 2. The van der Waals surface area contributed by atoms with E-state index in [1.165, 1.54) is 6.42 Å². The number of hydrogen-bond acceptors (Lipinski definition) is 2. The Morgan fingerprint density at radius 2 is 1.81 bits per heavy atom. The quantitative estimate of drug-likeness (QED) is 0.852. The maximum absolute atomic E-state index is 12.7. The zero-order valence-electron chi connectivity index (χ0n) is 13.5. The molecule has 0 radical (unpaired) electrons. The number of aliphatic carboxylic acids is 1. The summed E-state index contributed by atoms with van der Waals surface area (Å²) in [5, 5.41) is 9.43. The number of carbonyl (C=O) groups excluding carboxylic acids is 1. The number of carboxylic acid groups (broad SMARTS) is 1. The Morgan fingerprint density at radius 3 is 2.33 bits per heavy atom. The van der Waals surface area contributed by atoms with E-state index in [4.69, 9.17) is 0 Å². The third-order valence-corrected chi connectivity index (χ3v) is 5.74. The molecular weight excluding hydrogens is 268 g/mol. The van der Waals surface area contributed by atoms with Gasteiger partial charge in [0.1, 0.15) is 0 Å². The van der Waals surface area contributed by atoms with Crippen LogP contribution in [-0.4, -0.2) is 52.6 Å². The first kappa shape index (κ1) is 16.1. The highest BCUT2D eigenvalue weighted by Gasteiger charge is 2.42. The van der Waals surface area contributed by atoms with E-state index in [1.807, 2.05) is 16.7 Å². The van der Waals surface area contributed by atoms with Crippen LogP contribution in [0.1, 0.15) is 52.9 Å². The highest BCUT2D eigenvalue weighted by atomic mass is 16.4. The maximum Gasteiger partial charge on any atom is 0.320 e. The number of amides is 2. The Morgan fingerprint density at radius 1 is 1.19 bits per heavy atom. The number of carbonyl (C=O) groups is 2. The van der Waals surface area contributed by atoms with Gasteiger partial charge in [-0.25, -0.2) is 4.79 Å². The fraction of sp³-hybridized carbons (Fsp3) is 0.875. The lowest BCUT2D eigenvalue weighted by Gasteiger charge is -2.44. The van der Waals surface area contributed by atoms with Gasteiger partial charge in [-0.2, -0.15) is 0 Å². The molecule has 0 bridgehead atoms. The van der Waals surface area contributed by atoms with Crippen LogP contribution in [-0.2, 0) is 4.79 Å². The van der Waals surface area contributed by atoms with Crippen molar-refractivity contribution in [3.63, 3.8) is 0 Å². The highest BCUT2D eigenvalue weighted by molar-refractivity contribution is 5.77. The Hall–Kier alpha value is -1.26. The normalized spacial score (nSPS) is 29.3. The van der Waals surface area contributed by atoms with E-state index < -0.39 is 11.4 Å². The average molecular weight is 296 g/mol. The lowest BCUT2D eigenvalue weighted by atomic mass is 9.76. The molecule has 2 atom stereocenters. The van der Waals surface area contributed by atoms with Gasteiger partial charge in [0.2, 0.25) is 0 Å². The first-order chi connectivity index (χ1) is 9.91. The zero-order chi connectivity index (χ0) is 15.6. The van der Waals surface area contributed by atoms with Crippen molar-refractivity contribution in [2.75, 3.05) is 19.6 Å². The second-order valence-corrected chi connectivity index (χ2v) is 6.76. The fourth-order valence-corrected chi connectivity index (χ4v) is 3.63. The van der Waals surface area contributed by atoms with Crippen molar-refractivity contribution >= 4 is 12.0 Å². The molecule has 0 aromatic heterocycles. The molecule has 2 fully saturated rings. The van der Waals surface area contributed by atoms with Crippen molar-refractivity contribution in [3.05, 3.63) is 0 Å². The molecule has 0 aliphatic carbocycles. The molecule has 0 saturated carbocycles. The third-order valence-electron chi connectivity index (χ3n) is 5.74. The monoisotopic (exact) mass is 296 g/mol. The standard InChI is InChI=1S/C16H28N2O3/c1-4-16(14(19)20)7-10-17(11-8-16)15(21)18-9-5-6-12(2)13(18)3/h12-13H,4-11H2,1-3H3,(H,19,20). The van der Waals surface area contributed by atoms with Crippen LogP contribution in [0.4, 0.5) is 4.79 Å². The van der Waals surface area contributed by atoms with Gasteiger partial charge in [-0.1, -0.05) is 13.8 Å². The number of carboxylic acids is 1. The van der Waals surface area contributed by atoms with Gasteiger partial charge < -0.3 is 14.9 Å². The van der Waals surface area contributed by atoms with Crippen LogP contribution in [0.2, 0.25) is 0 Å². The molecule has 120 valence electrons. The van der Waals surface area contributed by atoms with Gasteiger partial charge in [0.05, 0.1) is 5.41 Å². The molecule has 0 spiro atoms. The summed E-state index contributed by atoms with van der Waals surface area (Å²) in [6.45, 7) is 8.22. The first-order valence-electron chi connectivity index (χ1n) is 8.20. The molecule has 0 aromatic rings. The van der Waals surface area contributed by atoms with E-state index in [0.29, 0.717) is 38.3 Å². The summed E-state index contributed by atoms with van der Waals surface area (Å²) in [6.07, 6.45) is 4.04. The van der Waals surface area contributed by atoms with Crippen LogP contribution < -0.4 is 0 Å². The van der Waals surface area contributed by atoms with E-state index in [1.54, 1.807) is 0 Å². The van der Waals surface area contributed by atoms with E-state index in [9.17, 15) is 14.7 Å². The Bertz CT molecular complexity index is 402. The molecule has 2 aliphatic rings. The van der Waals surface area contributed by atoms with Crippen molar-refractivity contribution in [3.8, 4) is 0 Å². The Labute approximate surface area is 127 Å². The second kappa shape index (κ2) is 6.24. The van der Waals surface area contributed by atoms with Crippen molar-refractivity contribution in [2.45, 2.75) is 58.9 Å². The number of hydrogen-bond donors (Lipinski definition) is 1. The highest BCUT2D eigenvalue weighted by Crippen LogP contribution is 2.36. The molecule has 2 amide bonds. The van der Waals surface area contributed by atoms with Crippen molar-refractivity contribution in [1.82, 2.24) is 9.80 Å². The fourth-order valence-electron chi connectivity index (χ4n) is 3.63. The number of nitrogens with zero attached hydrogens (tertiary/aromatic N) is 2. The minimum atomic E-state index is -0.711. The Kier molecular flexibility index (Phi) is 4.79. The molecule has 5 heteroatoms. The van der Waals surface area contributed by atoms with Crippen molar-refractivity contribution in [2.24, 2.45) is 11.3 Å². The van der Waals surface area contributed by atoms with Gasteiger partial charge >= 0.3 is 12.0 Å². The average Bonchev–Trinajstić information content (AvgIpc) is 2.49. The SMILES string of the molecule is CCC1(C(=O)O)CCN(C(=O)N2CCCC(C)C2C)CC1. The van der Waals surface area contributed by atoms with Gasteiger partial charge in [-0.3, -0.25) is 4.79 Å². The van der Waals surface area contributed by atoms with Crippen LogP contribution >= 0.6 is 0 Å². The third kappa shape index (κ3) is 3.01. The predicted molar refractivity (Wildman–Crippen MR) is 81.1 cm³/mol. The molecular formula is C16H28N2O3. The molecule has 5 nitrogen and oxygen atoms in total. The summed E-state index contributed by atoms with van der Waals surface area (Å²) in [5.41, 5.74) is -0.627. The minimum absolute atomic E-state index is 0.101.